The van der Waals surface area contributed by atoms with Crippen LogP contribution in [0.2, 0.25) is 0 Å². The topological polar surface area (TPSA) is 107 Å². The fraction of sp³-hybridized carbons (Fsp3) is 0.867. The summed E-state index contributed by atoms with van der Waals surface area (Å²) in [6.07, 6.45) is 0.0992. The van der Waals surface area contributed by atoms with Gasteiger partial charge in [0, 0.05) is 6.66 Å². The minimum atomic E-state index is -3.22. The standard InChI is InChI=1S/C15H25O9P/c1-9(2)24-21-7-22-25(4,18)8-20-15(17)13-11-6-5-10(23-11)12(13)14(16)19-3/h9-13H,5-8H2,1-4H3. The second kappa shape index (κ2) is 8.60. The third-order valence-electron chi connectivity index (χ3n) is 4.09. The number of hydrogen-bond acceptors (Lipinski definition) is 9. The number of methoxy groups -OCH3 is 1. The summed E-state index contributed by atoms with van der Waals surface area (Å²) in [5.41, 5.74) is 0. The van der Waals surface area contributed by atoms with Gasteiger partial charge in [0.25, 0.3) is 0 Å². The molecule has 0 spiro atoms. The van der Waals surface area contributed by atoms with E-state index in [1.54, 1.807) is 13.8 Å². The number of carbonyl (C=O) groups is 2. The van der Waals surface area contributed by atoms with E-state index in [1.807, 2.05) is 0 Å². The zero-order valence-electron chi connectivity index (χ0n) is 14.8. The molecule has 9 nitrogen and oxygen atoms in total. The van der Waals surface area contributed by atoms with Crippen molar-refractivity contribution in [3.8, 4) is 0 Å². The van der Waals surface area contributed by atoms with E-state index in [0.717, 1.165) is 0 Å². The van der Waals surface area contributed by atoms with Crippen LogP contribution in [0.15, 0.2) is 0 Å². The van der Waals surface area contributed by atoms with Crippen molar-refractivity contribution >= 4 is 19.3 Å². The first-order chi connectivity index (χ1) is 11.7. The Morgan fingerprint density at radius 2 is 1.76 bits per heavy atom. The van der Waals surface area contributed by atoms with Gasteiger partial charge in [-0.1, -0.05) is 0 Å². The molecular formula is C15H25O9P. The molecule has 5 atom stereocenters. The Morgan fingerprint density at radius 1 is 1.16 bits per heavy atom. The molecule has 2 bridgehead atoms. The second-order valence-corrected chi connectivity index (χ2v) is 9.03. The van der Waals surface area contributed by atoms with Crippen LogP contribution in [0.4, 0.5) is 0 Å². The van der Waals surface area contributed by atoms with Gasteiger partial charge in [-0.2, -0.15) is 0 Å². The van der Waals surface area contributed by atoms with E-state index in [1.165, 1.54) is 13.8 Å². The highest BCUT2D eigenvalue weighted by Gasteiger charge is 2.56. The number of carbonyl (C=O) groups excluding carboxylic acids is 2. The molecule has 2 rings (SSSR count). The molecule has 5 unspecified atom stereocenters. The Bertz CT molecular complexity index is 535. The van der Waals surface area contributed by atoms with E-state index < -0.39 is 37.5 Å². The summed E-state index contributed by atoms with van der Waals surface area (Å²) in [7, 11) is -1.95. The number of rotatable bonds is 9. The lowest BCUT2D eigenvalue weighted by Gasteiger charge is -2.24. The van der Waals surface area contributed by atoms with Gasteiger partial charge in [0.2, 0.25) is 7.37 Å². The van der Waals surface area contributed by atoms with Gasteiger partial charge < -0.3 is 14.2 Å². The molecule has 2 saturated heterocycles. The van der Waals surface area contributed by atoms with Crippen LogP contribution in [0.5, 0.6) is 0 Å². The predicted molar refractivity (Wildman–Crippen MR) is 84.6 cm³/mol. The highest BCUT2D eigenvalue weighted by molar-refractivity contribution is 7.57. The zero-order chi connectivity index (χ0) is 18.6. The molecule has 10 heteroatoms. The molecule has 0 saturated carbocycles. The predicted octanol–water partition coefficient (Wildman–Crippen LogP) is 1.69. The maximum absolute atomic E-state index is 12.4. The fourth-order valence-electron chi connectivity index (χ4n) is 3.02. The van der Waals surface area contributed by atoms with E-state index in [2.05, 4.69) is 0 Å². The SMILES string of the molecule is COC(=O)C1C2CCC(O2)C1C(=O)OCP(C)(=O)OCOOC(C)C. The normalized spacial score (nSPS) is 30.3. The number of ether oxygens (including phenoxy) is 3. The van der Waals surface area contributed by atoms with Crippen molar-refractivity contribution in [1.29, 1.82) is 0 Å². The highest BCUT2D eigenvalue weighted by Crippen LogP contribution is 2.46. The van der Waals surface area contributed by atoms with E-state index in [0.29, 0.717) is 12.8 Å². The Morgan fingerprint density at radius 3 is 2.32 bits per heavy atom. The molecule has 2 heterocycles. The van der Waals surface area contributed by atoms with Crippen molar-refractivity contribution in [3.63, 3.8) is 0 Å². The summed E-state index contributed by atoms with van der Waals surface area (Å²) in [6.45, 7) is 4.52. The first-order valence-electron chi connectivity index (χ1n) is 8.14. The maximum atomic E-state index is 12.4. The van der Waals surface area contributed by atoms with Crippen molar-refractivity contribution in [3.05, 3.63) is 0 Å². The van der Waals surface area contributed by atoms with Gasteiger partial charge in [0.05, 0.1) is 37.3 Å². The van der Waals surface area contributed by atoms with Gasteiger partial charge in [-0.3, -0.25) is 18.7 Å². The summed E-state index contributed by atoms with van der Waals surface area (Å²) < 4.78 is 32.8. The van der Waals surface area contributed by atoms with Gasteiger partial charge in [0.1, 0.15) is 0 Å². The average molecular weight is 380 g/mol. The van der Waals surface area contributed by atoms with Crippen LogP contribution in [0.25, 0.3) is 0 Å². The number of esters is 2. The first-order valence-corrected chi connectivity index (χ1v) is 10.4. The lowest BCUT2D eigenvalue weighted by Crippen LogP contribution is -2.39. The molecule has 0 aromatic heterocycles. The summed E-state index contributed by atoms with van der Waals surface area (Å²) in [5, 5.41) is 0. The largest absolute Gasteiger partial charge is 0.469 e. The van der Waals surface area contributed by atoms with Crippen LogP contribution in [0.1, 0.15) is 26.7 Å². The molecule has 0 aliphatic carbocycles. The minimum Gasteiger partial charge on any atom is -0.469 e. The molecule has 0 aromatic rings. The van der Waals surface area contributed by atoms with E-state index >= 15 is 0 Å². The number of hydrogen-bond donors (Lipinski definition) is 0. The van der Waals surface area contributed by atoms with E-state index in [4.69, 9.17) is 28.5 Å². The highest BCUT2D eigenvalue weighted by atomic mass is 31.2. The Hall–Kier alpha value is -0.990. The molecule has 2 aliphatic rings. The quantitative estimate of drug-likeness (QED) is 0.147. The summed E-state index contributed by atoms with van der Waals surface area (Å²) in [5.74, 6) is -2.56. The molecule has 2 fully saturated rings. The minimum absolute atomic E-state index is 0.161. The van der Waals surface area contributed by atoms with Crippen LogP contribution in [-0.2, 0) is 42.7 Å². The zero-order valence-corrected chi connectivity index (χ0v) is 15.7. The molecule has 0 radical (unpaired) electrons. The van der Waals surface area contributed by atoms with Crippen LogP contribution in [0, 0.1) is 11.8 Å². The third-order valence-corrected chi connectivity index (χ3v) is 5.34. The van der Waals surface area contributed by atoms with Crippen molar-refractivity contribution in [1.82, 2.24) is 0 Å². The molecular weight excluding hydrogens is 355 g/mol. The van der Waals surface area contributed by atoms with Gasteiger partial charge in [0.15, 0.2) is 13.1 Å². The Labute approximate surface area is 146 Å². The lowest BCUT2D eigenvalue weighted by atomic mass is 9.79. The molecule has 25 heavy (non-hydrogen) atoms. The van der Waals surface area contributed by atoms with Gasteiger partial charge in [-0.25, -0.2) is 9.78 Å². The van der Waals surface area contributed by atoms with Gasteiger partial charge in [-0.05, 0) is 26.7 Å². The first kappa shape index (κ1) is 20.3. The fourth-order valence-corrected chi connectivity index (χ4v) is 3.73. The van der Waals surface area contributed by atoms with Crippen LogP contribution >= 0.6 is 7.37 Å². The third kappa shape index (κ3) is 5.24. The van der Waals surface area contributed by atoms with Crippen molar-refractivity contribution in [2.45, 2.75) is 45.0 Å². The maximum Gasteiger partial charge on any atom is 0.313 e. The smallest absolute Gasteiger partial charge is 0.313 e. The average Bonchev–Trinajstić information content (AvgIpc) is 3.17. The van der Waals surface area contributed by atoms with Crippen molar-refractivity contribution in [2.24, 2.45) is 11.8 Å². The van der Waals surface area contributed by atoms with Crippen LogP contribution in [-0.4, -0.2) is 57.2 Å². The number of fused-ring (bicyclic) bond motifs is 2. The van der Waals surface area contributed by atoms with Crippen molar-refractivity contribution in [2.75, 3.05) is 26.9 Å². The van der Waals surface area contributed by atoms with E-state index in [-0.39, 0.29) is 25.1 Å². The molecule has 0 amide bonds. The molecule has 2 aliphatic heterocycles. The molecule has 144 valence electrons. The van der Waals surface area contributed by atoms with Crippen molar-refractivity contribution < 1.29 is 42.7 Å². The van der Waals surface area contributed by atoms with Gasteiger partial charge in [-0.15, -0.1) is 0 Å². The Kier molecular flexibility index (Phi) is 6.99. The second-order valence-electron chi connectivity index (χ2n) is 6.48. The van der Waals surface area contributed by atoms with Crippen LogP contribution < -0.4 is 0 Å². The summed E-state index contributed by atoms with van der Waals surface area (Å²) in [6, 6.07) is 0. The van der Waals surface area contributed by atoms with Crippen LogP contribution in [0.3, 0.4) is 0 Å². The Balaban J connectivity index is 1.84. The van der Waals surface area contributed by atoms with Gasteiger partial charge >= 0.3 is 11.9 Å². The molecule has 0 aromatic carbocycles. The lowest BCUT2D eigenvalue weighted by molar-refractivity contribution is -0.342. The van der Waals surface area contributed by atoms with E-state index in [9.17, 15) is 14.2 Å². The summed E-state index contributed by atoms with van der Waals surface area (Å²) in [4.78, 5) is 33.9. The molecule has 0 N–H and O–H groups in total. The summed E-state index contributed by atoms with van der Waals surface area (Å²) >= 11 is 0. The monoisotopic (exact) mass is 380 g/mol.